The minimum Gasteiger partial charge on any atom is -0.481 e. The summed E-state index contributed by atoms with van der Waals surface area (Å²) >= 11 is 0. The fourth-order valence-electron chi connectivity index (χ4n) is 3.08. The third kappa shape index (κ3) is 4.29. The number of nitrogens with two attached hydrogens (primary N) is 2. The van der Waals surface area contributed by atoms with Crippen LogP contribution in [0.5, 0.6) is 0 Å². The van der Waals surface area contributed by atoms with Crippen LogP contribution in [0.3, 0.4) is 0 Å². The molecule has 0 saturated carbocycles. The standard InChI is InChI=1S/C22H20N2O4/c23-17-5-7-19(21(25)26)15(11-17)9-13-1-2-14(4-3-13)10-16-12-18(24)6-8-20(16)22(27)28/h1-12,19-20H,23-24H2,(H,25,26)(H,27,28). The molecule has 6 N–H and O–H groups in total. The molecule has 0 bridgehead atoms. The van der Waals surface area contributed by atoms with Crippen LogP contribution in [0.15, 0.2) is 83.3 Å². The zero-order chi connectivity index (χ0) is 20.3. The zero-order valence-corrected chi connectivity index (χ0v) is 14.9. The molecule has 6 nitrogen and oxygen atoms in total. The summed E-state index contributed by atoms with van der Waals surface area (Å²) < 4.78 is 0. The minimum absolute atomic E-state index is 0.500. The Kier molecular flexibility index (Phi) is 5.31. The van der Waals surface area contributed by atoms with Crippen molar-refractivity contribution in [3.8, 4) is 0 Å². The van der Waals surface area contributed by atoms with E-state index in [2.05, 4.69) is 0 Å². The Morgan fingerprint density at radius 2 is 1.11 bits per heavy atom. The Balaban J connectivity index is 1.88. The van der Waals surface area contributed by atoms with Gasteiger partial charge < -0.3 is 21.7 Å². The first-order valence-electron chi connectivity index (χ1n) is 8.63. The molecule has 2 atom stereocenters. The molecule has 0 radical (unpaired) electrons. The maximum atomic E-state index is 11.4. The van der Waals surface area contributed by atoms with E-state index in [1.807, 2.05) is 24.3 Å². The molecule has 3 rings (SSSR count). The molecule has 2 aliphatic rings. The predicted octanol–water partition coefficient (Wildman–Crippen LogP) is 2.68. The van der Waals surface area contributed by atoms with Gasteiger partial charge in [0.05, 0.1) is 0 Å². The SMILES string of the molecule is NC1=CC(=Cc2ccc(C=C3C=C(N)C=CC3C(=O)O)cc2)C(C(=O)O)C=C1. The van der Waals surface area contributed by atoms with E-state index in [1.54, 1.807) is 48.6 Å². The van der Waals surface area contributed by atoms with Crippen LogP contribution in [-0.4, -0.2) is 22.2 Å². The van der Waals surface area contributed by atoms with Crippen LogP contribution in [0.1, 0.15) is 11.1 Å². The summed E-state index contributed by atoms with van der Waals surface area (Å²) in [7, 11) is 0. The average Bonchev–Trinajstić information content (AvgIpc) is 2.63. The molecule has 1 aromatic carbocycles. The molecule has 28 heavy (non-hydrogen) atoms. The molecule has 6 heteroatoms. The van der Waals surface area contributed by atoms with Gasteiger partial charge in [-0.3, -0.25) is 9.59 Å². The average molecular weight is 376 g/mol. The first-order valence-corrected chi connectivity index (χ1v) is 8.63. The van der Waals surface area contributed by atoms with Crippen LogP contribution in [0.25, 0.3) is 12.2 Å². The highest BCUT2D eigenvalue weighted by Crippen LogP contribution is 2.26. The Morgan fingerprint density at radius 3 is 1.43 bits per heavy atom. The Bertz CT molecular complexity index is 911. The van der Waals surface area contributed by atoms with Gasteiger partial charge in [0.2, 0.25) is 0 Å². The number of carbonyl (C=O) groups is 2. The van der Waals surface area contributed by atoms with Gasteiger partial charge in [0.25, 0.3) is 0 Å². The van der Waals surface area contributed by atoms with Gasteiger partial charge >= 0.3 is 11.9 Å². The van der Waals surface area contributed by atoms with Crippen LogP contribution in [-0.2, 0) is 9.59 Å². The van der Waals surface area contributed by atoms with Gasteiger partial charge in [-0.15, -0.1) is 0 Å². The second kappa shape index (κ2) is 7.84. The van der Waals surface area contributed by atoms with E-state index in [0.29, 0.717) is 22.5 Å². The van der Waals surface area contributed by atoms with Crippen molar-refractivity contribution in [2.75, 3.05) is 0 Å². The summed E-state index contributed by atoms with van der Waals surface area (Å²) in [6.07, 6.45) is 13.1. The third-order valence-electron chi connectivity index (χ3n) is 4.48. The molecule has 142 valence electrons. The number of carboxylic acids is 2. The van der Waals surface area contributed by atoms with Gasteiger partial charge in [0.15, 0.2) is 0 Å². The highest BCUT2D eigenvalue weighted by molar-refractivity contribution is 5.82. The van der Waals surface area contributed by atoms with E-state index < -0.39 is 23.8 Å². The first-order chi connectivity index (χ1) is 13.3. The van der Waals surface area contributed by atoms with Gasteiger partial charge in [0.1, 0.15) is 11.8 Å². The van der Waals surface area contributed by atoms with Crippen LogP contribution in [0.4, 0.5) is 0 Å². The molecular formula is C22H20N2O4. The number of hydrogen-bond acceptors (Lipinski definition) is 4. The van der Waals surface area contributed by atoms with Crippen molar-refractivity contribution in [3.63, 3.8) is 0 Å². The lowest BCUT2D eigenvalue weighted by Crippen LogP contribution is -2.16. The summed E-state index contributed by atoms with van der Waals surface area (Å²) in [6, 6.07) is 7.34. The predicted molar refractivity (Wildman–Crippen MR) is 107 cm³/mol. The fourth-order valence-corrected chi connectivity index (χ4v) is 3.08. The van der Waals surface area contributed by atoms with Crippen LogP contribution >= 0.6 is 0 Å². The zero-order valence-electron chi connectivity index (χ0n) is 14.9. The smallest absolute Gasteiger partial charge is 0.314 e. The number of aliphatic carboxylic acids is 2. The molecule has 2 unspecified atom stereocenters. The van der Waals surface area contributed by atoms with E-state index in [4.69, 9.17) is 11.5 Å². The first kappa shape index (κ1) is 19.0. The van der Waals surface area contributed by atoms with Crippen LogP contribution in [0.2, 0.25) is 0 Å². The summed E-state index contributed by atoms with van der Waals surface area (Å²) in [5, 5.41) is 18.7. The largest absolute Gasteiger partial charge is 0.481 e. The molecule has 0 spiro atoms. The molecule has 0 aliphatic heterocycles. The maximum absolute atomic E-state index is 11.4. The van der Waals surface area contributed by atoms with Crippen molar-refractivity contribution in [2.24, 2.45) is 23.3 Å². The van der Waals surface area contributed by atoms with E-state index >= 15 is 0 Å². The summed E-state index contributed by atoms with van der Waals surface area (Å²) in [4.78, 5) is 22.8. The van der Waals surface area contributed by atoms with Crippen molar-refractivity contribution in [2.45, 2.75) is 0 Å². The van der Waals surface area contributed by atoms with Crippen molar-refractivity contribution >= 4 is 24.1 Å². The highest BCUT2D eigenvalue weighted by Gasteiger charge is 2.21. The van der Waals surface area contributed by atoms with Gasteiger partial charge in [-0.2, -0.15) is 0 Å². The summed E-state index contributed by atoms with van der Waals surface area (Å²) in [5.74, 6) is -3.37. The third-order valence-corrected chi connectivity index (χ3v) is 4.48. The number of hydrogen-bond donors (Lipinski definition) is 4. The lowest BCUT2D eigenvalue weighted by Gasteiger charge is -2.15. The molecule has 0 heterocycles. The minimum atomic E-state index is -0.943. The quantitative estimate of drug-likeness (QED) is 0.640. The fraction of sp³-hybridized carbons (Fsp3) is 0.0909. The summed E-state index contributed by atoms with van der Waals surface area (Å²) in [5.41, 5.74) is 15.4. The number of rotatable bonds is 4. The topological polar surface area (TPSA) is 127 Å². The molecule has 1 aromatic rings. The second-order valence-electron chi connectivity index (χ2n) is 6.59. The van der Waals surface area contributed by atoms with Gasteiger partial charge in [-0.05, 0) is 46.6 Å². The van der Waals surface area contributed by atoms with Crippen LogP contribution in [0, 0.1) is 11.8 Å². The van der Waals surface area contributed by atoms with Gasteiger partial charge in [-0.1, -0.05) is 48.6 Å². The number of carboxylic acid groups (broad SMARTS) is 2. The normalized spacial score (nSPS) is 24.1. The van der Waals surface area contributed by atoms with Crippen molar-refractivity contribution in [3.05, 3.63) is 94.4 Å². The van der Waals surface area contributed by atoms with Crippen molar-refractivity contribution in [1.29, 1.82) is 0 Å². The monoisotopic (exact) mass is 376 g/mol. The van der Waals surface area contributed by atoms with Gasteiger partial charge in [0, 0.05) is 11.4 Å². The van der Waals surface area contributed by atoms with E-state index in [0.717, 1.165) is 11.1 Å². The molecular weight excluding hydrogens is 356 g/mol. The van der Waals surface area contributed by atoms with Crippen molar-refractivity contribution < 1.29 is 19.8 Å². The van der Waals surface area contributed by atoms with Gasteiger partial charge in [-0.25, -0.2) is 0 Å². The second-order valence-corrected chi connectivity index (χ2v) is 6.59. The Hall–Kier alpha value is -3.80. The van der Waals surface area contributed by atoms with Crippen molar-refractivity contribution in [1.82, 2.24) is 0 Å². The molecule has 0 fully saturated rings. The lowest BCUT2D eigenvalue weighted by molar-refractivity contribution is -0.139. The Labute approximate surface area is 162 Å². The molecule has 0 saturated heterocycles. The Morgan fingerprint density at radius 1 is 0.750 bits per heavy atom. The number of allylic oxidation sites excluding steroid dienone is 4. The summed E-state index contributed by atoms with van der Waals surface area (Å²) in [6.45, 7) is 0. The lowest BCUT2D eigenvalue weighted by atomic mass is 9.90. The molecule has 2 aliphatic carbocycles. The molecule has 0 amide bonds. The van der Waals surface area contributed by atoms with Crippen LogP contribution < -0.4 is 11.5 Å². The van der Waals surface area contributed by atoms with E-state index in [1.165, 1.54) is 0 Å². The van der Waals surface area contributed by atoms with E-state index in [-0.39, 0.29) is 0 Å². The maximum Gasteiger partial charge on any atom is 0.314 e. The number of benzene rings is 1. The molecule has 0 aromatic heterocycles. The highest BCUT2D eigenvalue weighted by atomic mass is 16.4. The van der Waals surface area contributed by atoms with E-state index in [9.17, 15) is 19.8 Å².